The van der Waals surface area contributed by atoms with Gasteiger partial charge < -0.3 is 10.1 Å². The minimum absolute atomic E-state index is 0.461. The Morgan fingerprint density at radius 2 is 1.67 bits per heavy atom. The highest BCUT2D eigenvalue weighted by atomic mass is 16.5. The van der Waals surface area contributed by atoms with E-state index in [0.717, 1.165) is 11.8 Å². The predicted molar refractivity (Wildman–Crippen MR) is 62.9 cm³/mol. The second kappa shape index (κ2) is 5.31. The highest BCUT2D eigenvalue weighted by Gasteiger charge is 2.39. The van der Waals surface area contributed by atoms with Gasteiger partial charge in [-0.2, -0.15) is 0 Å². The normalized spacial score (nSPS) is 27.6. The molecule has 0 aliphatic heterocycles. The van der Waals surface area contributed by atoms with E-state index >= 15 is 0 Å². The first-order valence-corrected chi connectivity index (χ1v) is 6.57. The average molecular weight is 211 g/mol. The molecule has 0 aromatic heterocycles. The smallest absolute Gasteiger partial charge is 0.0754 e. The van der Waals surface area contributed by atoms with E-state index in [1.807, 2.05) is 7.11 Å². The maximum Gasteiger partial charge on any atom is 0.0754 e. The first-order valence-electron chi connectivity index (χ1n) is 6.57. The third kappa shape index (κ3) is 2.73. The molecule has 0 radical (unpaired) electrons. The summed E-state index contributed by atoms with van der Waals surface area (Å²) in [5, 5.41) is 3.49. The van der Waals surface area contributed by atoms with Crippen LogP contribution in [-0.4, -0.2) is 26.3 Å². The van der Waals surface area contributed by atoms with Crippen molar-refractivity contribution >= 4 is 0 Å². The van der Waals surface area contributed by atoms with Crippen molar-refractivity contribution in [2.24, 2.45) is 11.8 Å². The third-order valence-corrected chi connectivity index (χ3v) is 4.20. The van der Waals surface area contributed by atoms with Crippen LogP contribution in [0.25, 0.3) is 0 Å². The van der Waals surface area contributed by atoms with E-state index in [9.17, 15) is 0 Å². The standard InChI is InChI=1S/C13H25NO/c1-14-12(10-8-9-10)13(15-2)11-6-4-3-5-7-11/h10-14H,3-9H2,1-2H3. The molecule has 88 valence electrons. The van der Waals surface area contributed by atoms with Crippen LogP contribution in [0.15, 0.2) is 0 Å². The van der Waals surface area contributed by atoms with Crippen LogP contribution in [0.2, 0.25) is 0 Å². The van der Waals surface area contributed by atoms with Gasteiger partial charge in [0.1, 0.15) is 0 Å². The molecule has 2 fully saturated rings. The summed E-state index contributed by atoms with van der Waals surface area (Å²) >= 11 is 0. The fraction of sp³-hybridized carbons (Fsp3) is 1.00. The van der Waals surface area contributed by atoms with Crippen molar-refractivity contribution in [3.05, 3.63) is 0 Å². The highest BCUT2D eigenvalue weighted by molar-refractivity contribution is 4.94. The van der Waals surface area contributed by atoms with Crippen molar-refractivity contribution in [3.8, 4) is 0 Å². The molecule has 2 unspecified atom stereocenters. The molecule has 1 N–H and O–H groups in total. The van der Waals surface area contributed by atoms with Crippen LogP contribution in [-0.2, 0) is 4.74 Å². The number of nitrogens with one attached hydrogen (secondary N) is 1. The maximum absolute atomic E-state index is 5.78. The fourth-order valence-corrected chi connectivity index (χ4v) is 3.22. The molecule has 2 aliphatic carbocycles. The van der Waals surface area contributed by atoms with Gasteiger partial charge in [-0.1, -0.05) is 19.3 Å². The first-order chi connectivity index (χ1) is 7.36. The van der Waals surface area contributed by atoms with E-state index in [1.54, 1.807) is 0 Å². The molecule has 15 heavy (non-hydrogen) atoms. The second-order valence-corrected chi connectivity index (χ2v) is 5.25. The van der Waals surface area contributed by atoms with Crippen molar-refractivity contribution < 1.29 is 4.74 Å². The van der Waals surface area contributed by atoms with Crippen molar-refractivity contribution in [1.82, 2.24) is 5.32 Å². The van der Waals surface area contributed by atoms with Gasteiger partial charge in [0.2, 0.25) is 0 Å². The van der Waals surface area contributed by atoms with Gasteiger partial charge in [-0.3, -0.25) is 0 Å². The zero-order valence-electron chi connectivity index (χ0n) is 10.2. The molecule has 0 aromatic carbocycles. The molecule has 0 amide bonds. The summed E-state index contributed by atoms with van der Waals surface area (Å²) in [6.45, 7) is 0. The molecule has 2 saturated carbocycles. The van der Waals surface area contributed by atoms with Gasteiger partial charge in [0.25, 0.3) is 0 Å². The van der Waals surface area contributed by atoms with E-state index in [-0.39, 0.29) is 0 Å². The van der Waals surface area contributed by atoms with Crippen molar-refractivity contribution in [2.75, 3.05) is 14.2 Å². The summed E-state index contributed by atoms with van der Waals surface area (Å²) in [6, 6.07) is 0.609. The minimum Gasteiger partial charge on any atom is -0.380 e. The van der Waals surface area contributed by atoms with Gasteiger partial charge in [0, 0.05) is 13.2 Å². The van der Waals surface area contributed by atoms with Gasteiger partial charge in [-0.15, -0.1) is 0 Å². The number of ether oxygens (including phenoxy) is 1. The lowest BCUT2D eigenvalue weighted by Gasteiger charge is -2.35. The molecule has 0 saturated heterocycles. The number of rotatable bonds is 5. The predicted octanol–water partition coefficient (Wildman–Crippen LogP) is 2.58. The van der Waals surface area contributed by atoms with E-state index in [1.165, 1.54) is 44.9 Å². The molecule has 2 atom stereocenters. The molecular formula is C13H25NO. The summed E-state index contributed by atoms with van der Waals surface area (Å²) in [5.41, 5.74) is 0. The van der Waals surface area contributed by atoms with E-state index in [0.29, 0.717) is 12.1 Å². The number of hydrogen-bond donors (Lipinski definition) is 1. The molecule has 2 aliphatic rings. The third-order valence-electron chi connectivity index (χ3n) is 4.20. The maximum atomic E-state index is 5.78. The lowest BCUT2D eigenvalue weighted by molar-refractivity contribution is 0.00448. The van der Waals surface area contributed by atoms with E-state index < -0.39 is 0 Å². The SMILES string of the molecule is CNC(C1CC1)C(OC)C1CCCCC1. The fourth-order valence-electron chi connectivity index (χ4n) is 3.22. The Kier molecular flexibility index (Phi) is 4.04. The summed E-state index contributed by atoms with van der Waals surface area (Å²) in [6.07, 6.45) is 10.3. The van der Waals surface area contributed by atoms with Gasteiger partial charge >= 0.3 is 0 Å². The molecule has 2 rings (SSSR count). The van der Waals surface area contributed by atoms with Gasteiger partial charge in [0.05, 0.1) is 6.10 Å². The molecule has 0 spiro atoms. The zero-order chi connectivity index (χ0) is 10.7. The topological polar surface area (TPSA) is 21.3 Å². The van der Waals surface area contributed by atoms with E-state index in [2.05, 4.69) is 12.4 Å². The Hall–Kier alpha value is -0.0800. The van der Waals surface area contributed by atoms with Crippen molar-refractivity contribution in [3.63, 3.8) is 0 Å². The van der Waals surface area contributed by atoms with Crippen LogP contribution in [0.4, 0.5) is 0 Å². The minimum atomic E-state index is 0.461. The Morgan fingerprint density at radius 3 is 2.13 bits per heavy atom. The Labute approximate surface area is 93.8 Å². The highest BCUT2D eigenvalue weighted by Crippen LogP contribution is 2.39. The molecule has 2 nitrogen and oxygen atoms in total. The lowest BCUT2D eigenvalue weighted by atomic mass is 9.81. The van der Waals surface area contributed by atoms with Crippen LogP contribution in [0.5, 0.6) is 0 Å². The summed E-state index contributed by atoms with van der Waals surface area (Å²) in [7, 11) is 3.99. The van der Waals surface area contributed by atoms with Gasteiger partial charge in [0.15, 0.2) is 0 Å². The van der Waals surface area contributed by atoms with Gasteiger partial charge in [-0.05, 0) is 44.6 Å². The van der Waals surface area contributed by atoms with E-state index in [4.69, 9.17) is 4.74 Å². The molecular weight excluding hydrogens is 186 g/mol. The Bertz CT molecular complexity index is 185. The largest absolute Gasteiger partial charge is 0.380 e. The number of hydrogen-bond acceptors (Lipinski definition) is 2. The quantitative estimate of drug-likeness (QED) is 0.754. The Balaban J connectivity index is 1.93. The van der Waals surface area contributed by atoms with Gasteiger partial charge in [-0.25, -0.2) is 0 Å². The average Bonchev–Trinajstić information content (AvgIpc) is 3.11. The van der Waals surface area contributed by atoms with Crippen molar-refractivity contribution in [1.29, 1.82) is 0 Å². The second-order valence-electron chi connectivity index (χ2n) is 5.25. The molecule has 0 heterocycles. The molecule has 2 heteroatoms. The van der Waals surface area contributed by atoms with Crippen LogP contribution in [0.1, 0.15) is 44.9 Å². The zero-order valence-corrected chi connectivity index (χ0v) is 10.2. The van der Waals surface area contributed by atoms with Crippen LogP contribution >= 0.6 is 0 Å². The first kappa shape index (κ1) is 11.4. The van der Waals surface area contributed by atoms with Crippen LogP contribution < -0.4 is 5.32 Å². The monoisotopic (exact) mass is 211 g/mol. The summed E-state index contributed by atoms with van der Waals surface area (Å²) < 4.78 is 5.78. The lowest BCUT2D eigenvalue weighted by Crippen LogP contribution is -2.45. The van der Waals surface area contributed by atoms with Crippen molar-refractivity contribution in [2.45, 2.75) is 57.1 Å². The Morgan fingerprint density at radius 1 is 1.00 bits per heavy atom. The number of methoxy groups -OCH3 is 1. The summed E-state index contributed by atoms with van der Waals surface area (Å²) in [4.78, 5) is 0. The summed E-state index contributed by atoms with van der Waals surface area (Å²) in [5.74, 6) is 1.70. The molecule has 0 bridgehead atoms. The van der Waals surface area contributed by atoms with Crippen LogP contribution in [0, 0.1) is 11.8 Å². The number of likely N-dealkylation sites (N-methyl/N-ethyl adjacent to an activating group) is 1. The molecule has 0 aromatic rings. The van der Waals surface area contributed by atoms with Crippen LogP contribution in [0.3, 0.4) is 0 Å².